The van der Waals surface area contributed by atoms with E-state index in [9.17, 15) is 14.0 Å². The van der Waals surface area contributed by atoms with Crippen LogP contribution in [-0.4, -0.2) is 29.8 Å². The summed E-state index contributed by atoms with van der Waals surface area (Å²) in [5.41, 5.74) is 4.09. The van der Waals surface area contributed by atoms with Gasteiger partial charge in [-0.25, -0.2) is 4.39 Å². The molecule has 0 aliphatic carbocycles. The van der Waals surface area contributed by atoms with Crippen molar-refractivity contribution in [2.75, 3.05) is 18.0 Å². The number of hydrogen-bond acceptors (Lipinski definition) is 3. The molecular weight excluding hydrogens is 531 g/mol. The summed E-state index contributed by atoms with van der Waals surface area (Å²) in [4.78, 5) is 31.9. The second kappa shape index (κ2) is 12.1. The molecule has 1 saturated heterocycles. The van der Waals surface area contributed by atoms with Gasteiger partial charge < -0.3 is 9.80 Å². The van der Waals surface area contributed by atoms with Crippen LogP contribution in [0.3, 0.4) is 0 Å². The Morgan fingerprint density at radius 3 is 2.29 bits per heavy atom. The van der Waals surface area contributed by atoms with Crippen LogP contribution in [0.4, 0.5) is 10.1 Å². The van der Waals surface area contributed by atoms with E-state index in [2.05, 4.69) is 24.3 Å². The molecule has 6 rings (SSSR count). The highest BCUT2D eigenvalue weighted by Crippen LogP contribution is 2.42. The largest absolute Gasteiger partial charge is 0.339 e. The third kappa shape index (κ3) is 6.13. The Bertz CT molecular complexity index is 1580. The normalized spacial score (nSPS) is 16.6. The topological polar surface area (TPSA) is 40.6 Å². The maximum absolute atomic E-state index is 14.4. The highest BCUT2D eigenvalue weighted by molar-refractivity contribution is 8.04. The van der Waals surface area contributed by atoms with Crippen molar-refractivity contribution < 1.29 is 14.0 Å². The number of piperidine rings is 1. The van der Waals surface area contributed by atoms with E-state index in [4.69, 9.17) is 0 Å². The first-order valence-corrected chi connectivity index (χ1v) is 14.8. The van der Waals surface area contributed by atoms with Gasteiger partial charge in [0.2, 0.25) is 0 Å². The molecule has 2 heterocycles. The number of thioether (sulfide) groups is 1. The third-order valence-corrected chi connectivity index (χ3v) is 8.92. The number of fused-ring (bicyclic) bond motifs is 1. The number of rotatable bonds is 6. The number of likely N-dealkylation sites (tertiary alicyclic amines) is 1. The summed E-state index contributed by atoms with van der Waals surface area (Å²) in [7, 11) is 0. The van der Waals surface area contributed by atoms with Gasteiger partial charge in [-0.05, 0) is 72.7 Å². The molecule has 0 N–H and O–H groups in total. The average Bonchev–Trinajstić information content (AvgIpc) is 3.01. The fraction of sp³-hybridized carbons (Fsp3) is 0.200. The summed E-state index contributed by atoms with van der Waals surface area (Å²) in [6, 6.07) is 32.2. The van der Waals surface area contributed by atoms with Crippen LogP contribution in [0.25, 0.3) is 6.08 Å². The minimum atomic E-state index is -0.331. The number of anilines is 1. The summed E-state index contributed by atoms with van der Waals surface area (Å²) in [6.07, 6.45) is 4.93. The van der Waals surface area contributed by atoms with Gasteiger partial charge in [-0.1, -0.05) is 84.6 Å². The van der Waals surface area contributed by atoms with Gasteiger partial charge in [-0.2, -0.15) is 0 Å². The number of carbonyl (C=O) groups excluding carboxylic acids is 2. The number of para-hydroxylation sites is 1. The first-order valence-electron chi connectivity index (χ1n) is 14.0. The van der Waals surface area contributed by atoms with Crippen molar-refractivity contribution in [2.24, 2.45) is 5.92 Å². The Hall–Kier alpha value is -4.16. The highest BCUT2D eigenvalue weighted by Gasteiger charge is 2.30. The quantitative estimate of drug-likeness (QED) is 0.227. The van der Waals surface area contributed by atoms with Crippen molar-refractivity contribution in [3.63, 3.8) is 0 Å². The Morgan fingerprint density at radius 2 is 1.54 bits per heavy atom. The van der Waals surface area contributed by atoms with Crippen molar-refractivity contribution in [1.82, 2.24) is 4.90 Å². The summed E-state index contributed by atoms with van der Waals surface area (Å²) >= 11 is 1.41. The standard InChI is InChI=1S/C35H31FN2O2S/c36-30-11-5-4-10-29(30)24-38-31-12-6-7-13-32(31)41-33(35(38)40)23-26-14-16-28(17-15-26)34(39)37-20-18-27(19-21-37)22-25-8-2-1-3-9-25/h1-17,23,27H,18-22,24H2. The summed E-state index contributed by atoms with van der Waals surface area (Å²) in [5.74, 6) is 0.150. The van der Waals surface area contributed by atoms with E-state index in [0.717, 1.165) is 48.5 Å². The van der Waals surface area contributed by atoms with Gasteiger partial charge in [-0.15, -0.1) is 0 Å². The van der Waals surface area contributed by atoms with E-state index in [-0.39, 0.29) is 24.2 Å². The Kier molecular flexibility index (Phi) is 8.01. The van der Waals surface area contributed by atoms with Gasteiger partial charge in [0.05, 0.1) is 17.1 Å². The predicted octanol–water partition coefficient (Wildman–Crippen LogP) is 7.60. The molecule has 4 nitrogen and oxygen atoms in total. The minimum absolute atomic E-state index is 0.0514. The van der Waals surface area contributed by atoms with Crippen molar-refractivity contribution >= 4 is 35.3 Å². The van der Waals surface area contributed by atoms with Crippen LogP contribution >= 0.6 is 11.8 Å². The molecule has 0 atom stereocenters. The molecule has 4 aromatic rings. The lowest BCUT2D eigenvalue weighted by Crippen LogP contribution is -2.38. The van der Waals surface area contributed by atoms with Crippen LogP contribution in [0.1, 0.15) is 39.9 Å². The molecule has 0 bridgehead atoms. The van der Waals surface area contributed by atoms with Gasteiger partial charge in [-0.3, -0.25) is 9.59 Å². The molecule has 0 aromatic heterocycles. The van der Waals surface area contributed by atoms with Crippen LogP contribution in [-0.2, 0) is 17.8 Å². The third-order valence-electron chi connectivity index (χ3n) is 7.84. The lowest BCUT2D eigenvalue weighted by molar-refractivity contribution is -0.114. The molecule has 0 radical (unpaired) electrons. The first kappa shape index (κ1) is 27.0. The number of carbonyl (C=O) groups is 2. The smallest absolute Gasteiger partial charge is 0.265 e. The molecule has 2 aliphatic heterocycles. The van der Waals surface area contributed by atoms with E-state index in [1.54, 1.807) is 23.1 Å². The second-order valence-corrected chi connectivity index (χ2v) is 11.7. The highest BCUT2D eigenvalue weighted by atomic mass is 32.2. The molecule has 2 amide bonds. The molecule has 0 saturated carbocycles. The molecule has 0 unspecified atom stereocenters. The number of halogens is 1. The van der Waals surface area contributed by atoms with Gasteiger partial charge in [0.25, 0.3) is 11.8 Å². The van der Waals surface area contributed by atoms with Gasteiger partial charge >= 0.3 is 0 Å². The van der Waals surface area contributed by atoms with E-state index >= 15 is 0 Å². The number of amides is 2. The Morgan fingerprint density at radius 1 is 0.854 bits per heavy atom. The zero-order chi connectivity index (χ0) is 28.2. The van der Waals surface area contributed by atoms with E-state index < -0.39 is 0 Å². The number of nitrogens with zero attached hydrogens (tertiary/aromatic N) is 2. The van der Waals surface area contributed by atoms with Crippen LogP contribution in [0.15, 0.2) is 113 Å². The van der Waals surface area contributed by atoms with Crippen LogP contribution in [0.5, 0.6) is 0 Å². The van der Waals surface area contributed by atoms with Gasteiger partial charge in [0, 0.05) is 29.1 Å². The zero-order valence-corrected chi connectivity index (χ0v) is 23.5. The number of benzene rings is 4. The van der Waals surface area contributed by atoms with Gasteiger partial charge in [0.15, 0.2) is 0 Å². The summed E-state index contributed by atoms with van der Waals surface area (Å²) < 4.78 is 14.4. The van der Waals surface area contributed by atoms with Crippen LogP contribution < -0.4 is 4.90 Å². The Labute approximate surface area is 244 Å². The molecule has 1 fully saturated rings. The molecule has 4 aromatic carbocycles. The Balaban J connectivity index is 1.14. The van der Waals surface area contributed by atoms with Crippen molar-refractivity contribution in [2.45, 2.75) is 30.7 Å². The monoisotopic (exact) mass is 562 g/mol. The molecule has 206 valence electrons. The SMILES string of the molecule is O=C(c1ccc(C=C2Sc3ccccc3N(Cc3ccccc3F)C2=O)cc1)N1CCC(Cc2ccccc2)CC1. The second-order valence-electron chi connectivity index (χ2n) is 10.6. The lowest BCUT2D eigenvalue weighted by atomic mass is 9.90. The van der Waals surface area contributed by atoms with Crippen LogP contribution in [0, 0.1) is 11.7 Å². The van der Waals surface area contributed by atoms with Gasteiger partial charge in [0.1, 0.15) is 5.82 Å². The minimum Gasteiger partial charge on any atom is -0.339 e. The van der Waals surface area contributed by atoms with Crippen molar-refractivity contribution in [1.29, 1.82) is 0 Å². The first-order chi connectivity index (χ1) is 20.0. The fourth-order valence-electron chi connectivity index (χ4n) is 5.56. The number of hydrogen-bond donors (Lipinski definition) is 0. The van der Waals surface area contributed by atoms with Crippen LogP contribution in [0.2, 0.25) is 0 Å². The van der Waals surface area contributed by atoms with E-state index in [0.29, 0.717) is 21.9 Å². The fourth-order valence-corrected chi connectivity index (χ4v) is 6.62. The zero-order valence-electron chi connectivity index (χ0n) is 22.7. The molecule has 0 spiro atoms. The van der Waals surface area contributed by atoms with E-state index in [1.165, 1.54) is 23.4 Å². The lowest BCUT2D eigenvalue weighted by Gasteiger charge is -2.32. The van der Waals surface area contributed by atoms with Crippen molar-refractivity contribution in [3.8, 4) is 0 Å². The predicted molar refractivity (Wildman–Crippen MR) is 163 cm³/mol. The summed E-state index contributed by atoms with van der Waals surface area (Å²) in [5, 5.41) is 0. The maximum Gasteiger partial charge on any atom is 0.265 e. The van der Waals surface area contributed by atoms with Crippen molar-refractivity contribution in [3.05, 3.63) is 136 Å². The molecule has 2 aliphatic rings. The molecular formula is C35H31FN2O2S. The summed E-state index contributed by atoms with van der Waals surface area (Å²) in [6.45, 7) is 1.69. The average molecular weight is 563 g/mol. The molecule has 41 heavy (non-hydrogen) atoms. The maximum atomic E-state index is 14.4. The molecule has 6 heteroatoms. The van der Waals surface area contributed by atoms with E-state index in [1.807, 2.05) is 65.6 Å².